The maximum Gasteiger partial charge on any atom is 0.239 e. The molecule has 2 rings (SSSR count). The number of carbonyl (C=O) groups is 1. The van der Waals surface area contributed by atoms with Crippen LogP contribution >= 0.6 is 11.8 Å². The van der Waals surface area contributed by atoms with Crippen LogP contribution in [-0.4, -0.2) is 18.2 Å². The molecule has 2 aromatic rings. The van der Waals surface area contributed by atoms with Crippen molar-refractivity contribution < 1.29 is 4.79 Å². The first-order valence-electron chi connectivity index (χ1n) is 6.23. The maximum atomic E-state index is 12.4. The summed E-state index contributed by atoms with van der Waals surface area (Å²) >= 11 is 1.58. The number of hydrogen-bond donors (Lipinski definition) is 0. The molecule has 0 bridgehead atoms. The van der Waals surface area contributed by atoms with Crippen molar-refractivity contribution in [3.8, 4) is 0 Å². The normalized spacial score (nSPS) is 11.9. The summed E-state index contributed by atoms with van der Waals surface area (Å²) in [5.74, 6) is 0.111. The Balaban J connectivity index is 2.03. The monoisotopic (exact) mass is 271 g/mol. The highest BCUT2D eigenvalue weighted by Gasteiger charge is 2.19. The lowest BCUT2D eigenvalue weighted by Gasteiger charge is -2.21. The highest BCUT2D eigenvalue weighted by atomic mass is 32.2. The molecule has 1 atom stereocenters. The molecule has 2 nitrogen and oxygen atoms in total. The number of carbonyl (C=O) groups excluding carboxylic acids is 1. The number of para-hydroxylation sites is 1. The van der Waals surface area contributed by atoms with Gasteiger partial charge < -0.3 is 4.90 Å². The Labute approximate surface area is 118 Å². The Kier molecular flexibility index (Phi) is 4.63. The zero-order valence-corrected chi connectivity index (χ0v) is 11.9. The van der Waals surface area contributed by atoms with E-state index in [9.17, 15) is 4.79 Å². The average Bonchev–Trinajstić information content (AvgIpc) is 2.47. The first-order valence-corrected chi connectivity index (χ1v) is 7.11. The van der Waals surface area contributed by atoms with Crippen LogP contribution in [0.1, 0.15) is 6.92 Å². The van der Waals surface area contributed by atoms with Gasteiger partial charge in [-0.15, -0.1) is 11.8 Å². The van der Waals surface area contributed by atoms with Crippen molar-refractivity contribution in [1.82, 2.24) is 0 Å². The molecule has 0 unspecified atom stereocenters. The summed E-state index contributed by atoms with van der Waals surface area (Å²) in [7, 11) is 1.82. The molecule has 0 aromatic heterocycles. The van der Waals surface area contributed by atoms with Gasteiger partial charge in [0, 0.05) is 17.6 Å². The predicted octanol–water partition coefficient (Wildman–Crippen LogP) is 3.83. The van der Waals surface area contributed by atoms with Crippen LogP contribution < -0.4 is 4.90 Å². The van der Waals surface area contributed by atoms with Crippen LogP contribution in [0.4, 0.5) is 5.69 Å². The van der Waals surface area contributed by atoms with Gasteiger partial charge in [-0.25, -0.2) is 0 Å². The van der Waals surface area contributed by atoms with Crippen molar-refractivity contribution in [2.75, 3.05) is 11.9 Å². The topological polar surface area (TPSA) is 20.3 Å². The van der Waals surface area contributed by atoms with Gasteiger partial charge in [0.2, 0.25) is 5.91 Å². The Hall–Kier alpha value is -1.74. The lowest BCUT2D eigenvalue weighted by atomic mass is 10.3. The zero-order chi connectivity index (χ0) is 13.7. The number of rotatable bonds is 4. The van der Waals surface area contributed by atoms with Crippen molar-refractivity contribution in [3.63, 3.8) is 0 Å². The van der Waals surface area contributed by atoms with E-state index in [1.165, 1.54) is 0 Å². The maximum absolute atomic E-state index is 12.4. The molecule has 0 heterocycles. The van der Waals surface area contributed by atoms with Crippen molar-refractivity contribution in [3.05, 3.63) is 60.7 Å². The van der Waals surface area contributed by atoms with Gasteiger partial charge in [0.25, 0.3) is 0 Å². The van der Waals surface area contributed by atoms with E-state index < -0.39 is 0 Å². The quantitative estimate of drug-likeness (QED) is 0.788. The summed E-state index contributed by atoms with van der Waals surface area (Å²) in [5, 5.41) is -0.104. The fraction of sp³-hybridized carbons (Fsp3) is 0.188. The van der Waals surface area contributed by atoms with Crippen molar-refractivity contribution in [2.24, 2.45) is 0 Å². The van der Waals surface area contributed by atoms with Gasteiger partial charge in [-0.3, -0.25) is 4.79 Å². The number of anilines is 1. The molecule has 98 valence electrons. The van der Waals surface area contributed by atoms with Crippen LogP contribution in [0.3, 0.4) is 0 Å². The number of benzene rings is 2. The average molecular weight is 271 g/mol. The van der Waals surface area contributed by atoms with Crippen LogP contribution in [0, 0.1) is 0 Å². The molecule has 1 amide bonds. The van der Waals surface area contributed by atoms with E-state index in [2.05, 4.69) is 0 Å². The minimum absolute atomic E-state index is 0.104. The van der Waals surface area contributed by atoms with Crippen LogP contribution in [-0.2, 0) is 4.79 Å². The van der Waals surface area contributed by atoms with Gasteiger partial charge in [-0.05, 0) is 31.2 Å². The summed E-state index contributed by atoms with van der Waals surface area (Å²) in [4.78, 5) is 15.2. The molecule has 0 spiro atoms. The smallest absolute Gasteiger partial charge is 0.239 e. The van der Waals surface area contributed by atoms with Gasteiger partial charge in [0.15, 0.2) is 0 Å². The van der Waals surface area contributed by atoms with E-state index in [0.717, 1.165) is 10.6 Å². The SMILES string of the molecule is C[C@H](Sc1ccccc1)C(=O)N(C)c1ccccc1. The molecule has 0 aliphatic rings. The number of amides is 1. The third-order valence-electron chi connectivity index (χ3n) is 2.88. The summed E-state index contributed by atoms with van der Waals surface area (Å²) in [6, 6.07) is 19.7. The van der Waals surface area contributed by atoms with E-state index in [1.54, 1.807) is 16.7 Å². The van der Waals surface area contributed by atoms with Gasteiger partial charge in [0.1, 0.15) is 0 Å². The molecular weight excluding hydrogens is 254 g/mol. The van der Waals surface area contributed by atoms with Crippen molar-refractivity contribution in [1.29, 1.82) is 0 Å². The Morgan fingerprint density at radius 3 is 2.11 bits per heavy atom. The van der Waals surface area contributed by atoms with Gasteiger partial charge in [-0.1, -0.05) is 36.4 Å². The molecule has 0 saturated carbocycles. The molecule has 3 heteroatoms. The second-order valence-corrected chi connectivity index (χ2v) is 5.72. The molecule has 0 radical (unpaired) electrons. The number of nitrogens with zero attached hydrogens (tertiary/aromatic N) is 1. The lowest BCUT2D eigenvalue weighted by molar-refractivity contribution is -0.117. The van der Waals surface area contributed by atoms with Crippen LogP contribution in [0.5, 0.6) is 0 Å². The fourth-order valence-electron chi connectivity index (χ4n) is 1.81. The molecule has 0 saturated heterocycles. The molecule has 0 aliphatic heterocycles. The molecule has 2 aromatic carbocycles. The Morgan fingerprint density at radius 1 is 1.00 bits per heavy atom. The van der Waals surface area contributed by atoms with Crippen molar-refractivity contribution >= 4 is 23.4 Å². The Bertz CT molecular complexity index is 527. The third-order valence-corrected chi connectivity index (χ3v) is 3.98. The predicted molar refractivity (Wildman–Crippen MR) is 81.6 cm³/mol. The summed E-state index contributed by atoms with van der Waals surface area (Å²) in [6.45, 7) is 1.94. The zero-order valence-electron chi connectivity index (χ0n) is 11.1. The number of thioether (sulfide) groups is 1. The molecular formula is C16H17NOS. The van der Waals surface area contributed by atoms with E-state index >= 15 is 0 Å². The number of hydrogen-bond acceptors (Lipinski definition) is 2. The first-order chi connectivity index (χ1) is 9.18. The van der Waals surface area contributed by atoms with Crippen LogP contribution in [0.15, 0.2) is 65.6 Å². The molecule has 19 heavy (non-hydrogen) atoms. The standard InChI is InChI=1S/C16H17NOS/c1-13(19-15-11-7-4-8-12-15)16(18)17(2)14-9-5-3-6-10-14/h3-13H,1-2H3/t13-/m0/s1. The molecule has 0 N–H and O–H groups in total. The first kappa shape index (κ1) is 13.7. The highest BCUT2D eigenvalue weighted by Crippen LogP contribution is 2.25. The van der Waals surface area contributed by atoms with Gasteiger partial charge in [-0.2, -0.15) is 0 Å². The van der Waals surface area contributed by atoms with E-state index in [-0.39, 0.29) is 11.2 Å². The molecule has 0 aliphatic carbocycles. The van der Waals surface area contributed by atoms with E-state index in [0.29, 0.717) is 0 Å². The summed E-state index contributed by atoms with van der Waals surface area (Å²) in [5.41, 5.74) is 0.924. The van der Waals surface area contributed by atoms with E-state index in [1.807, 2.05) is 74.6 Å². The summed E-state index contributed by atoms with van der Waals surface area (Å²) in [6.07, 6.45) is 0. The van der Waals surface area contributed by atoms with Crippen molar-refractivity contribution in [2.45, 2.75) is 17.1 Å². The minimum atomic E-state index is -0.104. The van der Waals surface area contributed by atoms with Gasteiger partial charge in [0.05, 0.1) is 5.25 Å². The third kappa shape index (κ3) is 3.61. The van der Waals surface area contributed by atoms with Gasteiger partial charge >= 0.3 is 0 Å². The second kappa shape index (κ2) is 6.43. The van der Waals surface area contributed by atoms with E-state index in [4.69, 9.17) is 0 Å². The Morgan fingerprint density at radius 2 is 1.53 bits per heavy atom. The minimum Gasteiger partial charge on any atom is -0.315 e. The highest BCUT2D eigenvalue weighted by molar-refractivity contribution is 8.00. The lowest BCUT2D eigenvalue weighted by Crippen LogP contribution is -2.33. The summed E-state index contributed by atoms with van der Waals surface area (Å²) < 4.78 is 0. The van der Waals surface area contributed by atoms with Crippen LogP contribution in [0.2, 0.25) is 0 Å². The second-order valence-electron chi connectivity index (χ2n) is 4.31. The fourth-order valence-corrected chi connectivity index (χ4v) is 2.79. The van der Waals surface area contributed by atoms with Crippen LogP contribution in [0.25, 0.3) is 0 Å². The molecule has 0 fully saturated rings. The largest absolute Gasteiger partial charge is 0.315 e.